The Bertz CT molecular complexity index is 636. The number of allylic oxidation sites excluding steroid dienone is 11. The third-order valence-corrected chi connectivity index (χ3v) is 7.67. The van der Waals surface area contributed by atoms with Crippen LogP contribution in [0.15, 0.2) is 72.9 Å². The van der Waals surface area contributed by atoms with E-state index < -0.39 is 0 Å². The summed E-state index contributed by atoms with van der Waals surface area (Å²) in [6, 6.07) is 0. The molecule has 28 heavy (non-hydrogen) atoms. The van der Waals surface area contributed by atoms with Gasteiger partial charge in [0.1, 0.15) is 0 Å². The van der Waals surface area contributed by atoms with E-state index in [9.17, 15) is 0 Å². The lowest BCUT2D eigenvalue weighted by Gasteiger charge is -2.42. The Hall–Kier alpha value is -1.56. The van der Waals surface area contributed by atoms with E-state index in [-0.39, 0.29) is 0 Å². The first kappa shape index (κ1) is 21.2. The van der Waals surface area contributed by atoms with Crippen molar-refractivity contribution in [1.29, 1.82) is 0 Å². The molecule has 0 aromatic heterocycles. The van der Waals surface area contributed by atoms with Gasteiger partial charge in [-0.15, -0.1) is 6.58 Å². The fourth-order valence-electron chi connectivity index (χ4n) is 6.30. The summed E-state index contributed by atoms with van der Waals surface area (Å²) in [7, 11) is 0. The molecule has 1 saturated carbocycles. The van der Waals surface area contributed by atoms with Crippen LogP contribution in [0.25, 0.3) is 0 Å². The lowest BCUT2D eigenvalue weighted by Crippen LogP contribution is -2.35. The highest BCUT2D eigenvalue weighted by Gasteiger charge is 2.53. The van der Waals surface area contributed by atoms with Crippen molar-refractivity contribution < 1.29 is 0 Å². The molecule has 1 fully saturated rings. The molecular formula is C28H40. The molecule has 0 radical (unpaired) electrons. The second kappa shape index (κ2) is 9.77. The SMILES string of the molecule is C=CCCC(C)(CCC/C(=C\C)CCC)C1C2C=CC=CC2C2C=CC=CC21. The molecule has 0 amide bonds. The molecule has 0 heterocycles. The van der Waals surface area contributed by atoms with Crippen molar-refractivity contribution in [3.8, 4) is 0 Å². The third kappa shape index (κ3) is 4.37. The summed E-state index contributed by atoms with van der Waals surface area (Å²) in [4.78, 5) is 0. The predicted molar refractivity (Wildman–Crippen MR) is 124 cm³/mol. The van der Waals surface area contributed by atoms with Crippen LogP contribution in [-0.2, 0) is 0 Å². The maximum Gasteiger partial charge on any atom is -0.00954 e. The Morgan fingerprint density at radius 2 is 1.46 bits per heavy atom. The van der Waals surface area contributed by atoms with Gasteiger partial charge in [-0.25, -0.2) is 0 Å². The summed E-state index contributed by atoms with van der Waals surface area (Å²) in [5, 5.41) is 0. The van der Waals surface area contributed by atoms with Gasteiger partial charge in [0.15, 0.2) is 0 Å². The first-order valence-electron chi connectivity index (χ1n) is 11.6. The Balaban J connectivity index is 1.81. The van der Waals surface area contributed by atoms with E-state index in [1.165, 1.54) is 38.5 Å². The molecule has 152 valence electrons. The normalized spacial score (nSPS) is 32.8. The minimum absolute atomic E-state index is 0.368. The lowest BCUT2D eigenvalue weighted by atomic mass is 9.62. The Morgan fingerprint density at radius 1 is 0.893 bits per heavy atom. The summed E-state index contributed by atoms with van der Waals surface area (Å²) in [6.45, 7) is 11.1. The number of hydrogen-bond donors (Lipinski definition) is 0. The zero-order chi connectivity index (χ0) is 20.0. The zero-order valence-corrected chi connectivity index (χ0v) is 18.3. The van der Waals surface area contributed by atoms with Crippen LogP contribution in [0.3, 0.4) is 0 Å². The number of hydrogen-bond acceptors (Lipinski definition) is 0. The maximum atomic E-state index is 4.04. The molecule has 3 rings (SSSR count). The Labute approximate surface area is 173 Å². The molecule has 0 nitrogen and oxygen atoms in total. The van der Waals surface area contributed by atoms with Crippen LogP contribution < -0.4 is 0 Å². The van der Waals surface area contributed by atoms with E-state index in [1.54, 1.807) is 5.57 Å². The molecular weight excluding hydrogens is 336 g/mol. The average molecular weight is 377 g/mol. The van der Waals surface area contributed by atoms with E-state index in [1.807, 2.05) is 0 Å². The topological polar surface area (TPSA) is 0 Å². The smallest absolute Gasteiger partial charge is 0.00954 e. The van der Waals surface area contributed by atoms with Crippen LogP contribution in [0.5, 0.6) is 0 Å². The first-order valence-corrected chi connectivity index (χ1v) is 11.6. The van der Waals surface area contributed by atoms with Gasteiger partial charge in [0.05, 0.1) is 0 Å². The highest BCUT2D eigenvalue weighted by atomic mass is 14.6. The van der Waals surface area contributed by atoms with Crippen LogP contribution in [-0.4, -0.2) is 0 Å². The van der Waals surface area contributed by atoms with Crippen LogP contribution in [0.2, 0.25) is 0 Å². The highest BCUT2D eigenvalue weighted by molar-refractivity contribution is 5.29. The van der Waals surface area contributed by atoms with Crippen molar-refractivity contribution in [3.05, 3.63) is 72.9 Å². The Morgan fingerprint density at radius 3 is 1.96 bits per heavy atom. The second-order valence-electron chi connectivity index (χ2n) is 9.41. The standard InChI is InChI=1S/C28H40/c1-5-8-20-28(4,21-13-15-22(7-3)14-6-2)27-25-18-11-9-16-23(25)24-17-10-12-19-26(24)27/h5,7,9-12,16-19,23-27H,1,6,8,13-15,20-21H2,2-4H3/b22-7-. The summed E-state index contributed by atoms with van der Waals surface area (Å²) in [5.41, 5.74) is 2.02. The molecule has 0 spiro atoms. The zero-order valence-electron chi connectivity index (χ0n) is 18.3. The Kier molecular flexibility index (Phi) is 7.38. The molecule has 5 atom stereocenters. The van der Waals surface area contributed by atoms with Crippen molar-refractivity contribution in [2.45, 2.75) is 65.7 Å². The van der Waals surface area contributed by atoms with Crippen molar-refractivity contribution >= 4 is 0 Å². The van der Waals surface area contributed by atoms with Crippen LogP contribution in [0.1, 0.15) is 65.7 Å². The van der Waals surface area contributed by atoms with Gasteiger partial charge >= 0.3 is 0 Å². The van der Waals surface area contributed by atoms with Gasteiger partial charge < -0.3 is 0 Å². The summed E-state index contributed by atoms with van der Waals surface area (Å²) in [6.07, 6.45) is 32.5. The summed E-state index contributed by atoms with van der Waals surface area (Å²) >= 11 is 0. The molecule has 0 aromatic carbocycles. The van der Waals surface area contributed by atoms with Gasteiger partial charge in [-0.05, 0) is 80.5 Å². The monoisotopic (exact) mass is 376 g/mol. The molecule has 0 heteroatoms. The van der Waals surface area contributed by atoms with Crippen molar-refractivity contribution in [2.75, 3.05) is 0 Å². The molecule has 0 aliphatic heterocycles. The quantitative estimate of drug-likeness (QED) is 0.337. The van der Waals surface area contributed by atoms with Crippen LogP contribution in [0.4, 0.5) is 0 Å². The van der Waals surface area contributed by atoms with Crippen molar-refractivity contribution in [1.82, 2.24) is 0 Å². The highest BCUT2D eigenvalue weighted by Crippen LogP contribution is 2.59. The van der Waals surface area contributed by atoms with E-state index >= 15 is 0 Å². The largest absolute Gasteiger partial charge is 0.103 e. The number of fused-ring (bicyclic) bond motifs is 3. The van der Waals surface area contributed by atoms with Gasteiger partial charge in [-0.2, -0.15) is 0 Å². The fourth-order valence-corrected chi connectivity index (χ4v) is 6.30. The average Bonchev–Trinajstić information content (AvgIpc) is 3.07. The van der Waals surface area contributed by atoms with Crippen molar-refractivity contribution in [3.63, 3.8) is 0 Å². The van der Waals surface area contributed by atoms with Gasteiger partial charge in [0.25, 0.3) is 0 Å². The minimum atomic E-state index is 0.368. The van der Waals surface area contributed by atoms with Gasteiger partial charge in [-0.3, -0.25) is 0 Å². The van der Waals surface area contributed by atoms with E-state index in [0.717, 1.165) is 12.3 Å². The van der Waals surface area contributed by atoms with Crippen LogP contribution in [0, 0.1) is 35.0 Å². The lowest BCUT2D eigenvalue weighted by molar-refractivity contribution is 0.101. The molecule has 0 N–H and O–H groups in total. The minimum Gasteiger partial charge on any atom is -0.103 e. The van der Waals surface area contributed by atoms with Crippen LogP contribution >= 0.6 is 0 Å². The van der Waals surface area contributed by atoms with E-state index in [2.05, 4.69) is 88.1 Å². The molecule has 0 bridgehead atoms. The molecule has 0 saturated heterocycles. The van der Waals surface area contributed by atoms with Gasteiger partial charge in [0, 0.05) is 0 Å². The number of rotatable bonds is 10. The molecule has 3 aliphatic carbocycles. The van der Waals surface area contributed by atoms with Gasteiger partial charge in [0.2, 0.25) is 0 Å². The molecule has 5 unspecified atom stereocenters. The van der Waals surface area contributed by atoms with Gasteiger partial charge in [-0.1, -0.05) is 86.6 Å². The first-order chi connectivity index (χ1) is 13.6. The fraction of sp³-hybridized carbons (Fsp3) is 0.571. The third-order valence-electron chi connectivity index (χ3n) is 7.67. The second-order valence-corrected chi connectivity index (χ2v) is 9.41. The van der Waals surface area contributed by atoms with E-state index in [0.29, 0.717) is 29.1 Å². The van der Waals surface area contributed by atoms with Crippen molar-refractivity contribution in [2.24, 2.45) is 35.0 Å². The molecule has 3 aliphatic rings. The summed E-state index contributed by atoms with van der Waals surface area (Å²) in [5.74, 6) is 3.44. The summed E-state index contributed by atoms with van der Waals surface area (Å²) < 4.78 is 0. The predicted octanol–water partition coefficient (Wildman–Crippen LogP) is 8.22. The maximum absolute atomic E-state index is 4.04. The van der Waals surface area contributed by atoms with E-state index in [4.69, 9.17) is 0 Å². The molecule has 0 aromatic rings.